The summed E-state index contributed by atoms with van der Waals surface area (Å²) < 4.78 is 39.4. The summed E-state index contributed by atoms with van der Waals surface area (Å²) in [7, 11) is 0. The molecule has 111 heavy (non-hydrogen) atoms. The number of urea groups is 2. The lowest BCUT2D eigenvalue weighted by Gasteiger charge is -2.19. The molecule has 0 unspecified atom stereocenters. The second kappa shape index (κ2) is 71.7. The van der Waals surface area contributed by atoms with E-state index in [0.717, 1.165) is 103 Å². The second-order valence-corrected chi connectivity index (χ2v) is 31.9. The van der Waals surface area contributed by atoms with E-state index in [-0.39, 0.29) is 11.1 Å². The zero-order valence-corrected chi connectivity index (χ0v) is 72.3. The predicted molar refractivity (Wildman–Crippen MR) is 467 cm³/mol. The number of hydrogen-bond donors (Lipinski definition) is 6. The molecule has 0 aliphatic carbocycles. The van der Waals surface area contributed by atoms with Gasteiger partial charge in [0.15, 0.2) is 23.0 Å². The third-order valence-electron chi connectivity index (χ3n) is 21.4. The Morgan fingerprint density at radius 2 is 0.450 bits per heavy atom. The van der Waals surface area contributed by atoms with Crippen molar-refractivity contribution < 1.29 is 47.6 Å². The smallest absolute Gasteiger partial charge is 0.337 e. The van der Waals surface area contributed by atoms with E-state index < -0.39 is 23.9 Å². The molecule has 0 bridgehead atoms. The minimum atomic E-state index is -0.713. The second-order valence-electron chi connectivity index (χ2n) is 31.9. The van der Waals surface area contributed by atoms with Gasteiger partial charge < -0.3 is 39.1 Å². The molecule has 6 amide bonds. The van der Waals surface area contributed by atoms with Crippen LogP contribution in [0.25, 0.3) is 0 Å². The van der Waals surface area contributed by atoms with Crippen LogP contribution in [0.2, 0.25) is 0 Å². The largest absolute Gasteiger partial charge is 0.490 e. The summed E-state index contributed by atoms with van der Waals surface area (Å²) >= 11 is 0. The fraction of sp³-hybridized carbons (Fsp3) is 0.768. The Hall–Kier alpha value is -6.06. The maximum Gasteiger partial charge on any atom is 0.337 e. The molecule has 16 nitrogen and oxygen atoms in total. The van der Waals surface area contributed by atoms with E-state index in [1.807, 2.05) is 6.92 Å². The third-order valence-corrected chi connectivity index (χ3v) is 21.4. The Kier molecular flexibility index (Phi) is 64.0. The van der Waals surface area contributed by atoms with E-state index in [0.29, 0.717) is 91.1 Å². The molecule has 0 aliphatic rings. The molecular formula is C95H166N6O10. The monoisotopic (exact) mass is 1550 g/mol. The molecular weight excluding hydrogens is 1390 g/mol. The van der Waals surface area contributed by atoms with Crippen molar-refractivity contribution in [3.63, 3.8) is 0 Å². The highest BCUT2D eigenvalue weighted by Crippen LogP contribution is 2.42. The fourth-order valence-corrected chi connectivity index (χ4v) is 14.3. The van der Waals surface area contributed by atoms with Gasteiger partial charge in [-0.2, -0.15) is 0 Å². The van der Waals surface area contributed by atoms with E-state index in [1.165, 1.54) is 283 Å². The first-order valence-corrected chi connectivity index (χ1v) is 46.6. The lowest BCUT2D eigenvalue weighted by molar-refractivity contribution is 0.0930. The number of unbranched alkanes of at least 4 members (excludes halogenated alkanes) is 54. The van der Waals surface area contributed by atoms with Crippen molar-refractivity contribution in [3.05, 3.63) is 59.2 Å². The Labute approximate surface area is 678 Å². The van der Waals surface area contributed by atoms with E-state index in [4.69, 9.17) is 28.4 Å². The molecule has 0 fully saturated rings. The summed E-state index contributed by atoms with van der Waals surface area (Å²) in [5.41, 5.74) is 12.2. The van der Waals surface area contributed by atoms with Crippen molar-refractivity contribution in [3.8, 4) is 34.5 Å². The number of nitrogens with one attached hydrogen (secondary N) is 6. The molecule has 0 aliphatic heterocycles. The lowest BCUT2D eigenvalue weighted by Crippen LogP contribution is -2.44. The Morgan fingerprint density at radius 1 is 0.243 bits per heavy atom. The molecule has 0 heterocycles. The first-order chi connectivity index (χ1) is 54.6. The van der Waals surface area contributed by atoms with E-state index >= 15 is 0 Å². The van der Waals surface area contributed by atoms with Crippen molar-refractivity contribution >= 4 is 35.3 Å². The van der Waals surface area contributed by atoms with Crippen molar-refractivity contribution in [2.45, 2.75) is 434 Å². The van der Waals surface area contributed by atoms with Gasteiger partial charge in [0.2, 0.25) is 11.5 Å². The topological polar surface area (TPSA) is 196 Å². The number of hydrogen-bond acceptors (Lipinski definition) is 10. The van der Waals surface area contributed by atoms with Crippen LogP contribution in [0, 0.1) is 6.92 Å². The zero-order chi connectivity index (χ0) is 79.8. The quantitative estimate of drug-likeness (QED) is 0.0234. The molecule has 3 aromatic rings. The summed E-state index contributed by atoms with van der Waals surface area (Å²) in [6.45, 7) is 18.3. The minimum Gasteiger partial charge on any atom is -0.490 e. The summed E-state index contributed by atoms with van der Waals surface area (Å²) in [6, 6.07) is 10.4. The summed E-state index contributed by atoms with van der Waals surface area (Å²) in [6.07, 6.45) is 72.6. The van der Waals surface area contributed by atoms with Gasteiger partial charge in [-0.05, 0) is 87.4 Å². The van der Waals surface area contributed by atoms with Crippen molar-refractivity contribution in [2.75, 3.05) is 50.3 Å². The highest BCUT2D eigenvalue weighted by molar-refractivity contribution is 6.00. The van der Waals surface area contributed by atoms with E-state index in [2.05, 4.69) is 73.9 Å². The summed E-state index contributed by atoms with van der Waals surface area (Å²) in [4.78, 5) is 55.8. The van der Waals surface area contributed by atoms with E-state index in [1.54, 1.807) is 42.5 Å². The normalized spacial score (nSPS) is 11.2. The van der Waals surface area contributed by atoms with Crippen LogP contribution < -0.4 is 60.8 Å². The maximum atomic E-state index is 14.2. The van der Waals surface area contributed by atoms with Crippen LogP contribution in [0.15, 0.2) is 42.5 Å². The predicted octanol–water partition coefficient (Wildman–Crippen LogP) is 28.7. The SMILES string of the molecule is CCCCCCCCCCCCOc1cc(C(=O)NNC(=O)Nc2ccc(C)c(NC(=O)NNC(=O)c3cc(OCCCCCCCCCCCC)c(OCCCCCCCCCCCC)c(OCCCCCCCCCCCC)c3)c2)cc(OCCCCCCCCCCCC)c1OCCCCCCCCCCCC. The molecule has 0 atom stereocenters. The number of carbonyl (C=O) groups excluding carboxylic acids is 4. The van der Waals surface area contributed by atoms with E-state index in [9.17, 15) is 19.2 Å². The molecule has 16 heteroatoms. The van der Waals surface area contributed by atoms with Crippen LogP contribution in [0.5, 0.6) is 34.5 Å². The van der Waals surface area contributed by atoms with Gasteiger partial charge in [0.05, 0.1) is 39.6 Å². The molecule has 3 rings (SSSR count). The molecule has 0 spiro atoms. The van der Waals surface area contributed by atoms with Crippen molar-refractivity contribution in [1.29, 1.82) is 0 Å². The molecule has 0 saturated carbocycles. The minimum absolute atomic E-state index is 0.250. The van der Waals surface area contributed by atoms with Gasteiger partial charge >= 0.3 is 12.1 Å². The molecule has 3 aromatic carbocycles. The first-order valence-electron chi connectivity index (χ1n) is 46.6. The van der Waals surface area contributed by atoms with Gasteiger partial charge in [-0.1, -0.05) is 394 Å². The number of benzene rings is 3. The fourth-order valence-electron chi connectivity index (χ4n) is 14.3. The Bertz CT molecular complexity index is 2650. The summed E-state index contributed by atoms with van der Waals surface area (Å²) in [5.74, 6) is 1.71. The number of carbonyl (C=O) groups is 4. The molecule has 0 radical (unpaired) electrons. The van der Waals surface area contributed by atoms with Gasteiger partial charge in [-0.25, -0.2) is 20.4 Å². The highest BCUT2D eigenvalue weighted by Gasteiger charge is 2.23. The highest BCUT2D eigenvalue weighted by atomic mass is 16.5. The van der Waals surface area contributed by atoms with Gasteiger partial charge in [-0.3, -0.25) is 20.4 Å². The van der Waals surface area contributed by atoms with Gasteiger partial charge in [-0.15, -0.1) is 0 Å². The molecule has 0 aromatic heterocycles. The zero-order valence-electron chi connectivity index (χ0n) is 72.3. The first kappa shape index (κ1) is 99.1. The maximum absolute atomic E-state index is 14.2. The van der Waals surface area contributed by atoms with Crippen molar-refractivity contribution in [1.82, 2.24) is 21.7 Å². The van der Waals surface area contributed by atoms with Crippen LogP contribution in [0.4, 0.5) is 21.0 Å². The number of ether oxygens (including phenoxy) is 6. The van der Waals surface area contributed by atoms with Crippen LogP contribution >= 0.6 is 0 Å². The third kappa shape index (κ3) is 52.9. The average Bonchev–Trinajstić information content (AvgIpc) is 0.821. The average molecular weight is 1550 g/mol. The Balaban J connectivity index is 1.79. The lowest BCUT2D eigenvalue weighted by atomic mass is 10.1. The molecule has 636 valence electrons. The standard InChI is InChI=1S/C95H166N6O10/c1-8-14-20-26-32-38-44-50-56-62-70-106-86-76-82(77-87(107-71-63-57-51-45-39-33-27-21-15-9-2)90(86)110-74-66-60-54-48-42-36-30-24-18-12-5)92(102)98-100-94(104)96-84-69-68-81(7)85(80-84)97-95(105)101-99-93(103)83-78-88(108-72-64-58-52-46-40-34-28-22-16-10-3)91(111-75-67-61-55-49-43-37-31-25-19-13-6)89(79-83)109-73-65-59-53-47-41-35-29-23-17-11-4/h68-69,76-80H,8-67,70-75H2,1-7H3,(H,98,102)(H,99,103)(H2,96,100,104)(H2,97,101,105). The van der Waals surface area contributed by atoms with Crippen molar-refractivity contribution in [2.24, 2.45) is 0 Å². The number of aryl methyl sites for hydroxylation is 1. The number of anilines is 2. The number of amides is 6. The van der Waals surface area contributed by atoms with Gasteiger partial charge in [0, 0.05) is 22.5 Å². The van der Waals surface area contributed by atoms with Crippen LogP contribution in [0.1, 0.15) is 453 Å². The van der Waals surface area contributed by atoms with Gasteiger partial charge in [0.1, 0.15) is 0 Å². The number of hydrazine groups is 2. The molecule has 6 N–H and O–H groups in total. The van der Waals surface area contributed by atoms with Gasteiger partial charge in [0.25, 0.3) is 11.8 Å². The number of rotatable bonds is 76. The van der Waals surface area contributed by atoms with Crippen LogP contribution in [-0.4, -0.2) is 63.5 Å². The Morgan fingerprint density at radius 3 is 0.685 bits per heavy atom. The molecule has 0 saturated heterocycles. The summed E-state index contributed by atoms with van der Waals surface area (Å²) in [5, 5.41) is 5.62. The van der Waals surface area contributed by atoms with Crippen LogP contribution in [-0.2, 0) is 0 Å². The van der Waals surface area contributed by atoms with Crippen LogP contribution in [0.3, 0.4) is 0 Å².